The van der Waals surface area contributed by atoms with E-state index in [1.807, 2.05) is 13.0 Å². The quantitative estimate of drug-likeness (QED) is 0.406. The van der Waals surface area contributed by atoms with Gasteiger partial charge in [0.1, 0.15) is 19.2 Å². The van der Waals surface area contributed by atoms with Gasteiger partial charge >= 0.3 is 12.1 Å². The summed E-state index contributed by atoms with van der Waals surface area (Å²) >= 11 is 13.6. The normalized spacial score (nSPS) is 11.6. The van der Waals surface area contributed by atoms with Crippen LogP contribution in [0.1, 0.15) is 17.5 Å². The number of hydrogen-bond acceptors (Lipinski definition) is 8. The number of halogens is 2. The van der Waals surface area contributed by atoms with Crippen LogP contribution in [0.5, 0.6) is 0 Å². The summed E-state index contributed by atoms with van der Waals surface area (Å²) in [5.74, 6) is -1.90. The molecule has 34 heavy (non-hydrogen) atoms. The van der Waals surface area contributed by atoms with E-state index in [2.05, 4.69) is 20.8 Å². The van der Waals surface area contributed by atoms with Crippen LogP contribution in [0.15, 0.2) is 52.5 Å². The van der Waals surface area contributed by atoms with Gasteiger partial charge in [0, 0.05) is 0 Å². The van der Waals surface area contributed by atoms with E-state index in [0.29, 0.717) is 14.9 Å². The molecule has 0 saturated carbocycles. The Balaban J connectivity index is 1.67. The number of carboxylic acid groups (broad SMARTS) is 1. The summed E-state index contributed by atoms with van der Waals surface area (Å²) in [5, 5.41) is 23.7. The second-order valence-electron chi connectivity index (χ2n) is 7.10. The number of amides is 1. The summed E-state index contributed by atoms with van der Waals surface area (Å²) in [6.07, 6.45) is -1.56. The lowest BCUT2D eigenvalue weighted by Crippen LogP contribution is -2.44. The number of carboxylic acids is 1. The number of aliphatic carboxylic acids is 1. The number of nitrogens with zero attached hydrogens (tertiary/aromatic N) is 4. The largest absolute Gasteiger partial charge is 0.481 e. The SMILES string of the molecule is Cc1cc(Cl)c(Sc2nnnn2CC(=O)C(CC(=O)O)NC(=O)OCc2ccccc2)c(Cl)c1. The minimum absolute atomic E-state index is 0.0352. The number of hydrogen-bond donors (Lipinski definition) is 2. The molecule has 0 aliphatic heterocycles. The van der Waals surface area contributed by atoms with Gasteiger partial charge in [-0.2, -0.15) is 0 Å². The van der Waals surface area contributed by atoms with Gasteiger partial charge < -0.3 is 15.2 Å². The number of aromatic nitrogens is 4. The van der Waals surface area contributed by atoms with Gasteiger partial charge in [0.25, 0.3) is 0 Å². The van der Waals surface area contributed by atoms with Gasteiger partial charge in [-0.3, -0.25) is 9.59 Å². The monoisotopic (exact) mass is 523 g/mol. The molecule has 0 saturated heterocycles. The smallest absolute Gasteiger partial charge is 0.408 e. The van der Waals surface area contributed by atoms with E-state index in [1.165, 1.54) is 4.68 Å². The number of ether oxygens (including phenoxy) is 1. The molecule has 3 aromatic rings. The summed E-state index contributed by atoms with van der Waals surface area (Å²) in [6, 6.07) is 11.0. The van der Waals surface area contributed by atoms with Crippen molar-refractivity contribution in [3.05, 3.63) is 63.6 Å². The van der Waals surface area contributed by atoms with E-state index in [1.54, 1.807) is 36.4 Å². The third-order valence-corrected chi connectivity index (χ3v) is 6.35. The molecule has 1 unspecified atom stereocenters. The minimum atomic E-state index is -1.35. The van der Waals surface area contributed by atoms with Crippen molar-refractivity contribution in [3.8, 4) is 0 Å². The fourth-order valence-electron chi connectivity index (χ4n) is 2.83. The second-order valence-corrected chi connectivity index (χ2v) is 8.89. The maximum atomic E-state index is 12.8. The molecule has 1 amide bonds. The molecular formula is C21H19Cl2N5O5S. The summed E-state index contributed by atoms with van der Waals surface area (Å²) in [5.41, 5.74) is 1.61. The third-order valence-electron chi connectivity index (χ3n) is 4.41. The first-order chi connectivity index (χ1) is 16.2. The predicted octanol–water partition coefficient (Wildman–Crippen LogP) is 3.78. The molecule has 1 atom stereocenters. The minimum Gasteiger partial charge on any atom is -0.481 e. The number of alkyl carbamates (subject to hydrolysis) is 1. The van der Waals surface area contributed by atoms with Crippen LogP contribution >= 0.6 is 35.0 Å². The third kappa shape index (κ3) is 7.17. The van der Waals surface area contributed by atoms with Crippen LogP contribution in [-0.2, 0) is 27.5 Å². The molecule has 0 aliphatic carbocycles. The van der Waals surface area contributed by atoms with E-state index in [4.69, 9.17) is 27.9 Å². The Hall–Kier alpha value is -3.15. The zero-order chi connectivity index (χ0) is 24.7. The first kappa shape index (κ1) is 25.5. The van der Waals surface area contributed by atoms with Gasteiger partial charge in [0.15, 0.2) is 5.78 Å². The van der Waals surface area contributed by atoms with Crippen molar-refractivity contribution in [2.45, 2.75) is 42.6 Å². The number of carbonyl (C=O) groups is 3. The first-order valence-corrected chi connectivity index (χ1v) is 11.4. The zero-order valence-electron chi connectivity index (χ0n) is 17.8. The molecule has 0 radical (unpaired) electrons. The van der Waals surface area contributed by atoms with Gasteiger partial charge in [-0.15, -0.1) is 5.10 Å². The van der Waals surface area contributed by atoms with Gasteiger partial charge in [0.2, 0.25) is 5.16 Å². The maximum absolute atomic E-state index is 12.8. The highest BCUT2D eigenvalue weighted by Crippen LogP contribution is 2.38. The molecule has 178 valence electrons. The van der Waals surface area contributed by atoms with Crippen LogP contribution in [0, 0.1) is 6.92 Å². The summed E-state index contributed by atoms with van der Waals surface area (Å²) in [6.45, 7) is 1.41. The Morgan fingerprint density at radius 3 is 2.50 bits per heavy atom. The van der Waals surface area contributed by atoms with Gasteiger partial charge in [0.05, 0.1) is 21.4 Å². The number of benzene rings is 2. The van der Waals surface area contributed by atoms with Crippen LogP contribution in [0.4, 0.5) is 4.79 Å². The second kappa shape index (κ2) is 11.8. The highest BCUT2D eigenvalue weighted by atomic mass is 35.5. The van der Waals surface area contributed by atoms with Crippen molar-refractivity contribution in [2.75, 3.05) is 0 Å². The first-order valence-electron chi connectivity index (χ1n) is 9.84. The Bertz CT molecular complexity index is 1170. The summed E-state index contributed by atoms with van der Waals surface area (Å²) in [7, 11) is 0. The number of tetrazole rings is 1. The summed E-state index contributed by atoms with van der Waals surface area (Å²) in [4.78, 5) is 36.8. The number of ketones is 1. The highest BCUT2D eigenvalue weighted by molar-refractivity contribution is 7.99. The Labute approximate surface area is 208 Å². The predicted molar refractivity (Wildman–Crippen MR) is 124 cm³/mol. The zero-order valence-corrected chi connectivity index (χ0v) is 20.1. The molecule has 0 fully saturated rings. The molecule has 10 nitrogen and oxygen atoms in total. The van der Waals surface area contributed by atoms with E-state index in [0.717, 1.165) is 22.9 Å². The number of Topliss-reactive ketones (excluding diaryl/α,β-unsaturated/α-hetero) is 1. The fraction of sp³-hybridized carbons (Fsp3) is 0.238. The van der Waals surface area contributed by atoms with Crippen molar-refractivity contribution >= 4 is 52.8 Å². The van der Waals surface area contributed by atoms with Crippen LogP contribution in [0.3, 0.4) is 0 Å². The van der Waals surface area contributed by atoms with Gasteiger partial charge in [-0.25, -0.2) is 9.48 Å². The Morgan fingerprint density at radius 1 is 1.18 bits per heavy atom. The van der Waals surface area contributed by atoms with Crippen molar-refractivity contribution < 1.29 is 24.2 Å². The lowest BCUT2D eigenvalue weighted by atomic mass is 10.1. The molecule has 13 heteroatoms. The van der Waals surface area contributed by atoms with E-state index < -0.39 is 36.9 Å². The molecule has 0 aliphatic rings. The molecule has 0 bridgehead atoms. The van der Waals surface area contributed by atoms with Crippen molar-refractivity contribution in [2.24, 2.45) is 0 Å². The molecular weight excluding hydrogens is 505 g/mol. The lowest BCUT2D eigenvalue weighted by molar-refractivity contribution is -0.139. The Kier molecular flexibility index (Phi) is 8.85. The molecule has 1 aromatic heterocycles. The van der Waals surface area contributed by atoms with Crippen molar-refractivity contribution in [1.82, 2.24) is 25.5 Å². The lowest BCUT2D eigenvalue weighted by Gasteiger charge is -2.16. The standard InChI is InChI=1S/C21H19Cl2N5O5S/c1-12-7-14(22)19(15(23)8-12)34-20-25-26-27-28(20)10-17(29)16(9-18(30)31)24-21(32)33-11-13-5-3-2-4-6-13/h2-8,16H,9-11H2,1H3,(H,24,32)(H,30,31). The van der Waals surface area contributed by atoms with Crippen LogP contribution in [0.25, 0.3) is 0 Å². The van der Waals surface area contributed by atoms with E-state index in [9.17, 15) is 19.5 Å². The average molecular weight is 524 g/mol. The molecule has 2 aromatic carbocycles. The van der Waals surface area contributed by atoms with Gasteiger partial charge in [-0.05, 0) is 52.4 Å². The van der Waals surface area contributed by atoms with E-state index >= 15 is 0 Å². The van der Waals surface area contributed by atoms with Crippen molar-refractivity contribution in [1.29, 1.82) is 0 Å². The molecule has 2 N–H and O–H groups in total. The van der Waals surface area contributed by atoms with Crippen LogP contribution < -0.4 is 5.32 Å². The number of carbonyl (C=O) groups excluding carboxylic acids is 2. The fourth-order valence-corrected chi connectivity index (χ4v) is 4.44. The topological polar surface area (TPSA) is 136 Å². The van der Waals surface area contributed by atoms with Crippen molar-refractivity contribution in [3.63, 3.8) is 0 Å². The molecule has 0 spiro atoms. The Morgan fingerprint density at radius 2 is 1.85 bits per heavy atom. The van der Waals surface area contributed by atoms with Gasteiger partial charge in [-0.1, -0.05) is 53.5 Å². The molecule has 1 heterocycles. The molecule has 3 rings (SSSR count). The maximum Gasteiger partial charge on any atom is 0.408 e. The highest BCUT2D eigenvalue weighted by Gasteiger charge is 2.26. The van der Waals surface area contributed by atoms with Crippen LogP contribution in [-0.4, -0.2) is 49.2 Å². The average Bonchev–Trinajstić information content (AvgIpc) is 3.21. The van der Waals surface area contributed by atoms with E-state index in [-0.39, 0.29) is 11.8 Å². The number of nitrogens with one attached hydrogen (secondary N) is 1. The number of aryl methyl sites for hydroxylation is 1. The van der Waals surface area contributed by atoms with Crippen LogP contribution in [0.2, 0.25) is 10.0 Å². The number of rotatable bonds is 10. The summed E-state index contributed by atoms with van der Waals surface area (Å²) < 4.78 is 6.26.